The summed E-state index contributed by atoms with van der Waals surface area (Å²) < 4.78 is 11.4. The summed E-state index contributed by atoms with van der Waals surface area (Å²) in [7, 11) is 0. The Kier molecular flexibility index (Phi) is 9.41. The number of carbonyl (C=O) groups is 4. The molecule has 3 heterocycles. The van der Waals surface area contributed by atoms with E-state index in [1.165, 1.54) is 34.9 Å². The van der Waals surface area contributed by atoms with Crippen molar-refractivity contribution in [3.63, 3.8) is 0 Å². The van der Waals surface area contributed by atoms with E-state index in [0.29, 0.717) is 5.57 Å². The molecule has 0 saturated carbocycles. The second-order valence-electron chi connectivity index (χ2n) is 10.0. The van der Waals surface area contributed by atoms with Crippen LogP contribution in [0.3, 0.4) is 0 Å². The zero-order valence-corrected chi connectivity index (χ0v) is 24.4. The van der Waals surface area contributed by atoms with Crippen molar-refractivity contribution in [1.29, 1.82) is 0 Å². The smallest absolute Gasteiger partial charge is 0.334 e. The molecule has 0 bridgehead atoms. The minimum absolute atomic E-state index is 0.153. The average Bonchev–Trinajstić information content (AvgIpc) is 3.50. The first-order valence-electron chi connectivity index (χ1n) is 13.4. The van der Waals surface area contributed by atoms with Crippen molar-refractivity contribution in [3.8, 4) is 0 Å². The number of thioether (sulfide) groups is 1. The molecule has 1 fully saturated rings. The van der Waals surface area contributed by atoms with Crippen LogP contribution in [0.5, 0.6) is 0 Å². The number of fused-ring (bicyclic) bond motifs is 1. The predicted octanol–water partition coefficient (Wildman–Crippen LogP) is 3.59. The first-order valence-corrected chi connectivity index (χ1v) is 15.3. The van der Waals surface area contributed by atoms with Gasteiger partial charge in [-0.2, -0.15) is 0 Å². The first kappa shape index (κ1) is 29.6. The summed E-state index contributed by atoms with van der Waals surface area (Å²) in [5.74, 6) is -2.03. The predicted molar refractivity (Wildman–Crippen MR) is 158 cm³/mol. The van der Waals surface area contributed by atoms with Crippen molar-refractivity contribution >= 4 is 46.9 Å². The van der Waals surface area contributed by atoms with E-state index in [2.05, 4.69) is 5.32 Å². The Morgan fingerprint density at radius 3 is 2.26 bits per heavy atom. The molecule has 2 amide bonds. The molecule has 42 heavy (non-hydrogen) atoms. The number of aliphatic hydroxyl groups excluding tert-OH is 1. The lowest BCUT2D eigenvalue weighted by Gasteiger charge is -2.51. The van der Waals surface area contributed by atoms with Crippen molar-refractivity contribution in [3.05, 3.63) is 105 Å². The molecule has 218 valence electrons. The number of esters is 2. The van der Waals surface area contributed by atoms with E-state index in [1.54, 1.807) is 5.41 Å². The highest BCUT2D eigenvalue weighted by Crippen LogP contribution is 2.41. The Labute approximate surface area is 251 Å². The Morgan fingerprint density at radius 1 is 1.00 bits per heavy atom. The van der Waals surface area contributed by atoms with Crippen LogP contribution in [0.4, 0.5) is 0 Å². The van der Waals surface area contributed by atoms with Gasteiger partial charge < -0.3 is 24.8 Å². The Hall–Kier alpha value is -3.93. The number of rotatable bonds is 11. The summed E-state index contributed by atoms with van der Waals surface area (Å²) in [6.07, 6.45) is -1.68. The third-order valence-corrected chi connectivity index (χ3v) is 8.92. The van der Waals surface area contributed by atoms with Crippen LogP contribution in [-0.2, 0) is 35.1 Å². The molecule has 3 unspecified atom stereocenters. The number of amides is 2. The molecule has 1 saturated heterocycles. The number of carbonyl (C=O) groups excluding carboxylic acids is 4. The molecule has 9 nitrogen and oxygen atoms in total. The van der Waals surface area contributed by atoms with Crippen LogP contribution < -0.4 is 5.32 Å². The summed E-state index contributed by atoms with van der Waals surface area (Å²) in [6, 6.07) is 20.3. The van der Waals surface area contributed by atoms with Crippen LogP contribution in [0.1, 0.15) is 35.5 Å². The third kappa shape index (κ3) is 6.75. The van der Waals surface area contributed by atoms with Crippen LogP contribution >= 0.6 is 23.1 Å². The molecule has 2 aromatic carbocycles. The highest BCUT2D eigenvalue weighted by atomic mass is 32.2. The van der Waals surface area contributed by atoms with Crippen molar-refractivity contribution in [2.75, 3.05) is 6.61 Å². The van der Waals surface area contributed by atoms with Crippen LogP contribution in [0.2, 0.25) is 0 Å². The van der Waals surface area contributed by atoms with Gasteiger partial charge in [-0.25, -0.2) is 4.79 Å². The van der Waals surface area contributed by atoms with E-state index in [9.17, 15) is 24.3 Å². The van der Waals surface area contributed by atoms with Gasteiger partial charge in [-0.05, 0) is 34.9 Å². The summed E-state index contributed by atoms with van der Waals surface area (Å²) in [5.41, 5.74) is 1.87. The quantitative estimate of drug-likeness (QED) is 0.251. The van der Waals surface area contributed by atoms with Crippen LogP contribution in [0, 0.1) is 0 Å². The topological polar surface area (TPSA) is 122 Å². The normalized spacial score (nSPS) is 20.2. The molecule has 2 N–H and O–H groups in total. The Bertz CT molecular complexity index is 1400. The second-order valence-corrected chi connectivity index (χ2v) is 12.0. The molecule has 4 atom stereocenters. The molecule has 0 spiro atoms. The van der Waals surface area contributed by atoms with E-state index >= 15 is 0 Å². The molecule has 0 radical (unpaired) electrons. The fourth-order valence-electron chi connectivity index (χ4n) is 4.84. The molecule has 0 aliphatic carbocycles. The largest absolute Gasteiger partial charge is 0.461 e. The zero-order valence-electron chi connectivity index (χ0n) is 22.8. The average molecular weight is 607 g/mol. The minimum atomic E-state index is -1.16. The van der Waals surface area contributed by atoms with Gasteiger partial charge in [0.2, 0.25) is 11.8 Å². The molecule has 1 aromatic heterocycles. The summed E-state index contributed by atoms with van der Waals surface area (Å²) in [6.45, 7) is 1.21. The molecule has 3 aromatic rings. The maximum atomic E-state index is 13.9. The number of ether oxygens (including phenoxy) is 2. The van der Waals surface area contributed by atoms with Gasteiger partial charge in [0.15, 0.2) is 12.1 Å². The zero-order chi connectivity index (χ0) is 29.6. The third-order valence-electron chi connectivity index (χ3n) is 6.82. The Morgan fingerprint density at radius 2 is 1.67 bits per heavy atom. The van der Waals surface area contributed by atoms with Crippen molar-refractivity contribution < 1.29 is 33.8 Å². The van der Waals surface area contributed by atoms with Crippen molar-refractivity contribution in [2.24, 2.45) is 0 Å². The summed E-state index contributed by atoms with van der Waals surface area (Å²) in [5, 5.41) is 15.4. The molecule has 11 heteroatoms. The second kappa shape index (κ2) is 13.4. The van der Waals surface area contributed by atoms with Crippen LogP contribution in [0.25, 0.3) is 0 Å². The number of nitrogens with zero attached hydrogens (tertiary/aromatic N) is 1. The maximum absolute atomic E-state index is 13.9. The number of benzene rings is 2. The van der Waals surface area contributed by atoms with Gasteiger partial charge in [-0.1, -0.05) is 66.7 Å². The lowest BCUT2D eigenvalue weighted by atomic mass is 9.97. The fourth-order valence-corrected chi connectivity index (χ4v) is 6.75. The van der Waals surface area contributed by atoms with E-state index in [-0.39, 0.29) is 25.4 Å². The molecule has 2 aliphatic heterocycles. The van der Waals surface area contributed by atoms with Gasteiger partial charge in [0.25, 0.3) is 0 Å². The molecule has 2 aliphatic rings. The van der Waals surface area contributed by atoms with E-state index < -0.39 is 47.5 Å². The van der Waals surface area contributed by atoms with Gasteiger partial charge in [0.1, 0.15) is 18.0 Å². The van der Waals surface area contributed by atoms with E-state index in [4.69, 9.17) is 9.47 Å². The van der Waals surface area contributed by atoms with Crippen molar-refractivity contribution in [2.45, 2.75) is 49.4 Å². The standard InChI is InChI=1S/C31H30N2O7S2/c1-19(34)15-25(36)39-17-22-18-42-30-26(32-24(35)16-23-13-8-14-41-23)29(37)33(30)27(22)31(38)40-28(20-9-4-2-5-10-20)21-11-6-3-7-12-21/h2-14,18-19,26-28,30,34H,15-17H2,1H3,(H,32,35)/t19?,26?,27?,30-/m0/s1. The van der Waals surface area contributed by atoms with Gasteiger partial charge in [0, 0.05) is 10.5 Å². The highest BCUT2D eigenvalue weighted by molar-refractivity contribution is 8.03. The van der Waals surface area contributed by atoms with Gasteiger partial charge in [0.05, 0.1) is 18.9 Å². The number of thiophene rings is 1. The number of hydrogen-bond donors (Lipinski definition) is 2. The molecule has 5 rings (SSSR count). The van der Waals surface area contributed by atoms with Gasteiger partial charge in [-0.15, -0.1) is 23.1 Å². The van der Waals surface area contributed by atoms with Crippen LogP contribution in [-0.4, -0.2) is 63.9 Å². The van der Waals surface area contributed by atoms with Crippen LogP contribution in [0.15, 0.2) is 89.2 Å². The first-order chi connectivity index (χ1) is 20.3. The fraction of sp³-hybridized carbons (Fsp3) is 0.290. The summed E-state index contributed by atoms with van der Waals surface area (Å²) in [4.78, 5) is 54.5. The molecular formula is C31H30N2O7S2. The van der Waals surface area contributed by atoms with Gasteiger partial charge in [-0.3, -0.25) is 14.4 Å². The number of hydrogen-bond acceptors (Lipinski definition) is 9. The van der Waals surface area contributed by atoms with Gasteiger partial charge >= 0.3 is 11.9 Å². The highest BCUT2D eigenvalue weighted by Gasteiger charge is 2.56. The summed E-state index contributed by atoms with van der Waals surface area (Å²) >= 11 is 2.72. The Balaban J connectivity index is 1.38. The van der Waals surface area contributed by atoms with E-state index in [0.717, 1.165) is 16.0 Å². The lowest BCUT2D eigenvalue weighted by Crippen LogP contribution is -2.74. The minimum Gasteiger partial charge on any atom is -0.461 e. The molecular weight excluding hydrogens is 576 g/mol. The maximum Gasteiger partial charge on any atom is 0.334 e. The number of nitrogens with one attached hydrogen (secondary N) is 1. The van der Waals surface area contributed by atoms with E-state index in [1.807, 2.05) is 78.2 Å². The number of aliphatic hydroxyl groups is 1. The lowest BCUT2D eigenvalue weighted by molar-refractivity contribution is -0.166. The monoisotopic (exact) mass is 606 g/mol. The van der Waals surface area contributed by atoms with Crippen molar-refractivity contribution in [1.82, 2.24) is 10.2 Å². The number of β-lactam (4-membered cyclic amide) rings is 1. The SMILES string of the molecule is CC(O)CC(=O)OCC1=CS[C@H]2C(NC(=O)Cc3cccs3)C(=O)N2C1C(=O)OC(c1ccccc1)c1ccccc1.